The number of allylic oxidation sites excluding steroid dienone is 4. The lowest BCUT2D eigenvalue weighted by atomic mass is 10.2. The maximum atomic E-state index is 2.23. The standard InChI is InChI=1S/C9H16/c1-8(2)6-5-7-9(3)4/h6-7H,5H2,1-4H3. The quantitative estimate of drug-likeness (QED) is 0.495. The third-order valence-electron chi connectivity index (χ3n) is 1.05. The Labute approximate surface area is 58.3 Å². The van der Waals surface area contributed by atoms with Crippen LogP contribution in [0.1, 0.15) is 34.1 Å². The second-order valence-corrected chi connectivity index (χ2v) is 2.80. The van der Waals surface area contributed by atoms with Gasteiger partial charge in [-0.3, -0.25) is 0 Å². The maximum Gasteiger partial charge on any atom is -0.0164 e. The average Bonchev–Trinajstić information content (AvgIpc) is 1.63. The number of hydrogen-bond acceptors (Lipinski definition) is 0. The van der Waals surface area contributed by atoms with Gasteiger partial charge in [-0.15, -0.1) is 0 Å². The van der Waals surface area contributed by atoms with E-state index in [-0.39, 0.29) is 0 Å². The minimum absolute atomic E-state index is 1.09. The lowest BCUT2D eigenvalue weighted by Crippen LogP contribution is -1.66. The van der Waals surface area contributed by atoms with Crippen LogP contribution >= 0.6 is 0 Å². The number of hydrogen-bond donors (Lipinski definition) is 0. The molecule has 0 rings (SSSR count). The summed E-state index contributed by atoms with van der Waals surface area (Å²) in [5.74, 6) is 0. The first-order valence-corrected chi connectivity index (χ1v) is 3.39. The van der Waals surface area contributed by atoms with Crippen LogP contribution in [0.4, 0.5) is 0 Å². The molecule has 0 atom stereocenters. The molecule has 0 amide bonds. The van der Waals surface area contributed by atoms with Crippen molar-refractivity contribution < 1.29 is 0 Å². The lowest BCUT2D eigenvalue weighted by molar-refractivity contribution is 1.23. The Morgan fingerprint density at radius 3 is 1.44 bits per heavy atom. The fraction of sp³-hybridized carbons (Fsp3) is 0.556. The number of rotatable bonds is 2. The van der Waals surface area contributed by atoms with E-state index in [1.165, 1.54) is 11.1 Å². The molecule has 0 aromatic carbocycles. The monoisotopic (exact) mass is 124 g/mol. The van der Waals surface area contributed by atoms with Gasteiger partial charge in [0.2, 0.25) is 0 Å². The summed E-state index contributed by atoms with van der Waals surface area (Å²) >= 11 is 0. The first kappa shape index (κ1) is 8.48. The molecule has 0 nitrogen and oxygen atoms in total. The van der Waals surface area contributed by atoms with Crippen molar-refractivity contribution in [2.45, 2.75) is 34.1 Å². The second-order valence-electron chi connectivity index (χ2n) is 2.80. The molecule has 0 spiro atoms. The van der Waals surface area contributed by atoms with Crippen LogP contribution in [0.25, 0.3) is 0 Å². The molecular weight excluding hydrogens is 108 g/mol. The summed E-state index contributed by atoms with van der Waals surface area (Å²) < 4.78 is 0. The zero-order chi connectivity index (χ0) is 7.28. The minimum Gasteiger partial charge on any atom is -0.0821 e. The first-order chi connectivity index (χ1) is 4.13. The van der Waals surface area contributed by atoms with Crippen LogP contribution in [0.15, 0.2) is 23.3 Å². The Balaban J connectivity index is 3.53. The molecule has 0 aromatic heterocycles. The van der Waals surface area contributed by atoms with Crippen molar-refractivity contribution >= 4 is 0 Å². The van der Waals surface area contributed by atoms with Crippen LogP contribution in [0.5, 0.6) is 0 Å². The molecule has 0 aliphatic heterocycles. The molecule has 0 bridgehead atoms. The van der Waals surface area contributed by atoms with Gasteiger partial charge in [-0.25, -0.2) is 0 Å². The van der Waals surface area contributed by atoms with E-state index >= 15 is 0 Å². The Morgan fingerprint density at radius 1 is 0.889 bits per heavy atom. The van der Waals surface area contributed by atoms with E-state index in [9.17, 15) is 0 Å². The molecule has 0 N–H and O–H groups in total. The van der Waals surface area contributed by atoms with E-state index < -0.39 is 0 Å². The molecule has 0 unspecified atom stereocenters. The van der Waals surface area contributed by atoms with Gasteiger partial charge in [-0.1, -0.05) is 23.3 Å². The van der Waals surface area contributed by atoms with Gasteiger partial charge in [-0.05, 0) is 34.1 Å². The van der Waals surface area contributed by atoms with Gasteiger partial charge in [-0.2, -0.15) is 0 Å². The van der Waals surface area contributed by atoms with Crippen molar-refractivity contribution in [3.8, 4) is 0 Å². The van der Waals surface area contributed by atoms with Crippen molar-refractivity contribution in [3.05, 3.63) is 23.3 Å². The molecule has 0 saturated carbocycles. The van der Waals surface area contributed by atoms with Crippen molar-refractivity contribution in [3.63, 3.8) is 0 Å². The summed E-state index contributed by atoms with van der Waals surface area (Å²) in [6, 6.07) is 0. The van der Waals surface area contributed by atoms with Crippen LogP contribution in [-0.2, 0) is 0 Å². The predicted molar refractivity (Wildman–Crippen MR) is 43.5 cm³/mol. The SMILES string of the molecule is CC(C)=CCC=C(C)C. The Hall–Kier alpha value is -0.520. The predicted octanol–water partition coefficient (Wildman–Crippen LogP) is 3.31. The van der Waals surface area contributed by atoms with Crippen molar-refractivity contribution in [1.29, 1.82) is 0 Å². The molecule has 0 aromatic rings. The van der Waals surface area contributed by atoms with Crippen LogP contribution in [-0.4, -0.2) is 0 Å². The van der Waals surface area contributed by atoms with E-state index in [1.807, 2.05) is 0 Å². The molecule has 52 valence electrons. The fourth-order valence-corrected chi connectivity index (χ4v) is 0.530. The topological polar surface area (TPSA) is 0 Å². The fourth-order valence-electron chi connectivity index (χ4n) is 0.530. The van der Waals surface area contributed by atoms with Crippen LogP contribution < -0.4 is 0 Å². The van der Waals surface area contributed by atoms with Crippen LogP contribution in [0.3, 0.4) is 0 Å². The van der Waals surface area contributed by atoms with E-state index in [1.54, 1.807) is 0 Å². The van der Waals surface area contributed by atoms with Gasteiger partial charge in [0, 0.05) is 0 Å². The minimum atomic E-state index is 1.09. The highest BCUT2D eigenvalue weighted by Gasteiger charge is 1.76. The zero-order valence-corrected chi connectivity index (χ0v) is 6.86. The summed E-state index contributed by atoms with van der Waals surface area (Å²) in [5, 5.41) is 0. The highest BCUT2D eigenvalue weighted by atomic mass is 13.8. The molecule has 0 aliphatic carbocycles. The van der Waals surface area contributed by atoms with Gasteiger partial charge >= 0.3 is 0 Å². The van der Waals surface area contributed by atoms with Gasteiger partial charge < -0.3 is 0 Å². The van der Waals surface area contributed by atoms with E-state index in [4.69, 9.17) is 0 Å². The molecule has 0 heteroatoms. The van der Waals surface area contributed by atoms with Gasteiger partial charge in [0.15, 0.2) is 0 Å². The van der Waals surface area contributed by atoms with E-state index in [0.29, 0.717) is 0 Å². The molecular formula is C9H16. The molecule has 9 heavy (non-hydrogen) atoms. The molecule has 0 radical (unpaired) electrons. The summed E-state index contributed by atoms with van der Waals surface area (Å²) in [6.45, 7) is 8.50. The van der Waals surface area contributed by atoms with Crippen LogP contribution in [0, 0.1) is 0 Å². The molecule has 0 saturated heterocycles. The Bertz CT molecular complexity index is 103. The van der Waals surface area contributed by atoms with Gasteiger partial charge in [0.25, 0.3) is 0 Å². The Kier molecular flexibility index (Phi) is 4.12. The zero-order valence-electron chi connectivity index (χ0n) is 6.86. The normalized spacial score (nSPS) is 8.44. The third-order valence-corrected chi connectivity index (χ3v) is 1.05. The van der Waals surface area contributed by atoms with Crippen LogP contribution in [0.2, 0.25) is 0 Å². The van der Waals surface area contributed by atoms with Crippen molar-refractivity contribution in [1.82, 2.24) is 0 Å². The van der Waals surface area contributed by atoms with Gasteiger partial charge in [0.05, 0.1) is 0 Å². The highest BCUT2D eigenvalue weighted by Crippen LogP contribution is 1.97. The lowest BCUT2D eigenvalue weighted by Gasteiger charge is -1.87. The summed E-state index contributed by atoms with van der Waals surface area (Å²) in [7, 11) is 0. The third kappa shape index (κ3) is 7.48. The molecule has 0 aliphatic rings. The average molecular weight is 124 g/mol. The largest absolute Gasteiger partial charge is 0.0821 e. The highest BCUT2D eigenvalue weighted by molar-refractivity contribution is 5.02. The van der Waals surface area contributed by atoms with E-state index in [2.05, 4.69) is 39.8 Å². The van der Waals surface area contributed by atoms with Crippen molar-refractivity contribution in [2.75, 3.05) is 0 Å². The van der Waals surface area contributed by atoms with Crippen molar-refractivity contribution in [2.24, 2.45) is 0 Å². The van der Waals surface area contributed by atoms with E-state index in [0.717, 1.165) is 6.42 Å². The Morgan fingerprint density at radius 2 is 1.22 bits per heavy atom. The summed E-state index contributed by atoms with van der Waals surface area (Å²) in [4.78, 5) is 0. The summed E-state index contributed by atoms with van der Waals surface area (Å²) in [6.07, 6.45) is 5.55. The smallest absolute Gasteiger partial charge is 0.0164 e. The second kappa shape index (κ2) is 4.37. The first-order valence-electron chi connectivity index (χ1n) is 3.39. The van der Waals surface area contributed by atoms with Gasteiger partial charge in [0.1, 0.15) is 0 Å². The molecule has 0 heterocycles. The summed E-state index contributed by atoms with van der Waals surface area (Å²) in [5.41, 5.74) is 2.79. The molecule has 0 fully saturated rings. The maximum absolute atomic E-state index is 2.23.